The standard InChI is InChI=1S/C21H29NO4S2/c1-2-3-4-5-6-7-14-26-18-10-8-17(9-11-18)15-19(16-23)28-21(27)22-13-12-20(24)25/h8-11,15-16H,2-7,12-14H2,1H3,(H,22,27)(H,24,25)/b19-15-. The van der Waals surface area contributed by atoms with Gasteiger partial charge in [-0.3, -0.25) is 9.59 Å². The number of aldehydes is 1. The Kier molecular flexibility index (Phi) is 13.0. The Labute approximate surface area is 176 Å². The maximum atomic E-state index is 11.3. The Morgan fingerprint density at radius 2 is 1.86 bits per heavy atom. The number of carbonyl (C=O) groups excluding carboxylic acids is 1. The lowest BCUT2D eigenvalue weighted by atomic mass is 10.1. The zero-order valence-corrected chi connectivity index (χ0v) is 17.9. The molecule has 28 heavy (non-hydrogen) atoms. The summed E-state index contributed by atoms with van der Waals surface area (Å²) in [5, 5.41) is 11.4. The van der Waals surface area contributed by atoms with Crippen LogP contribution in [0.15, 0.2) is 29.2 Å². The summed E-state index contributed by atoms with van der Waals surface area (Å²) in [4.78, 5) is 22.2. The molecule has 0 saturated heterocycles. The van der Waals surface area contributed by atoms with E-state index in [4.69, 9.17) is 22.1 Å². The highest BCUT2D eigenvalue weighted by Gasteiger charge is 2.04. The number of carboxylic acids is 1. The van der Waals surface area contributed by atoms with Crippen molar-refractivity contribution in [2.75, 3.05) is 13.2 Å². The molecule has 0 aromatic heterocycles. The molecule has 5 nitrogen and oxygen atoms in total. The molecule has 1 rings (SSSR count). The summed E-state index contributed by atoms with van der Waals surface area (Å²) in [5.41, 5.74) is 0.870. The van der Waals surface area contributed by atoms with Gasteiger partial charge in [0.1, 0.15) is 10.1 Å². The van der Waals surface area contributed by atoms with Gasteiger partial charge >= 0.3 is 5.97 Å². The third kappa shape index (κ3) is 11.8. The summed E-state index contributed by atoms with van der Waals surface area (Å²) in [6.07, 6.45) is 9.83. The number of carbonyl (C=O) groups is 2. The summed E-state index contributed by atoms with van der Waals surface area (Å²) in [6.45, 7) is 3.16. The third-order valence-corrected chi connectivity index (χ3v) is 5.06. The molecule has 7 heteroatoms. The zero-order valence-electron chi connectivity index (χ0n) is 16.3. The van der Waals surface area contributed by atoms with E-state index < -0.39 is 5.97 Å². The topological polar surface area (TPSA) is 75.6 Å². The molecule has 0 amide bonds. The number of thiocarbonyl (C=S) groups is 1. The second-order valence-electron chi connectivity index (χ2n) is 6.31. The van der Waals surface area contributed by atoms with Crippen LogP contribution in [0.1, 0.15) is 57.4 Å². The van der Waals surface area contributed by atoms with Crippen molar-refractivity contribution in [1.29, 1.82) is 0 Å². The van der Waals surface area contributed by atoms with E-state index in [9.17, 15) is 9.59 Å². The van der Waals surface area contributed by atoms with Crippen molar-refractivity contribution in [3.63, 3.8) is 0 Å². The number of benzene rings is 1. The average Bonchev–Trinajstić information content (AvgIpc) is 2.67. The summed E-state index contributed by atoms with van der Waals surface area (Å²) in [7, 11) is 0. The van der Waals surface area contributed by atoms with Gasteiger partial charge in [0.2, 0.25) is 0 Å². The Balaban J connectivity index is 2.40. The van der Waals surface area contributed by atoms with Crippen LogP contribution in [0.25, 0.3) is 6.08 Å². The van der Waals surface area contributed by atoms with Gasteiger partial charge in [0, 0.05) is 6.54 Å². The number of thioether (sulfide) groups is 1. The first-order valence-corrected chi connectivity index (χ1v) is 10.8. The molecule has 0 bridgehead atoms. The van der Waals surface area contributed by atoms with Gasteiger partial charge < -0.3 is 15.2 Å². The van der Waals surface area contributed by atoms with Gasteiger partial charge in [0.05, 0.1) is 17.9 Å². The Bertz CT molecular complexity index is 644. The fraction of sp³-hybridized carbons (Fsp3) is 0.476. The molecule has 0 radical (unpaired) electrons. The molecule has 0 saturated carbocycles. The molecular weight excluding hydrogens is 394 g/mol. The molecule has 2 N–H and O–H groups in total. The van der Waals surface area contributed by atoms with Gasteiger partial charge in [-0.2, -0.15) is 0 Å². The maximum absolute atomic E-state index is 11.3. The molecule has 1 aromatic carbocycles. The van der Waals surface area contributed by atoms with Crippen LogP contribution in [0.3, 0.4) is 0 Å². The van der Waals surface area contributed by atoms with E-state index in [1.807, 2.05) is 24.3 Å². The SMILES string of the molecule is CCCCCCCCOc1ccc(/C=C(/C=O)SC(=S)NCCC(=O)O)cc1. The first kappa shape index (κ1) is 24.2. The van der Waals surface area contributed by atoms with E-state index >= 15 is 0 Å². The third-order valence-electron chi connectivity index (χ3n) is 3.89. The van der Waals surface area contributed by atoms with Crippen LogP contribution in [0, 0.1) is 0 Å². The number of ether oxygens (including phenoxy) is 1. The highest BCUT2D eigenvalue weighted by Crippen LogP contribution is 2.20. The molecule has 0 atom stereocenters. The van der Waals surface area contributed by atoms with E-state index in [-0.39, 0.29) is 13.0 Å². The number of hydrogen-bond donors (Lipinski definition) is 2. The quantitative estimate of drug-likeness (QED) is 0.188. The highest BCUT2D eigenvalue weighted by molar-refractivity contribution is 8.26. The maximum Gasteiger partial charge on any atom is 0.305 e. The predicted octanol–water partition coefficient (Wildman–Crippen LogP) is 5.05. The molecule has 154 valence electrons. The summed E-state index contributed by atoms with van der Waals surface area (Å²) < 4.78 is 6.13. The first-order chi connectivity index (χ1) is 13.5. The van der Waals surface area contributed by atoms with Crippen molar-refractivity contribution in [2.24, 2.45) is 0 Å². The number of nitrogens with one attached hydrogen (secondary N) is 1. The molecule has 0 aliphatic rings. The molecule has 0 fully saturated rings. The van der Waals surface area contributed by atoms with Crippen LogP contribution in [0.2, 0.25) is 0 Å². The predicted molar refractivity (Wildman–Crippen MR) is 120 cm³/mol. The first-order valence-electron chi connectivity index (χ1n) is 9.62. The molecule has 0 spiro atoms. The normalized spacial score (nSPS) is 11.1. The Morgan fingerprint density at radius 3 is 2.50 bits per heavy atom. The number of rotatable bonds is 14. The van der Waals surface area contributed by atoms with Crippen LogP contribution < -0.4 is 10.1 Å². The van der Waals surface area contributed by atoms with Gasteiger partial charge in [-0.05, 0) is 30.2 Å². The number of aliphatic carboxylic acids is 1. The largest absolute Gasteiger partial charge is 0.494 e. The van der Waals surface area contributed by atoms with E-state index in [0.717, 1.165) is 35.8 Å². The van der Waals surface area contributed by atoms with Crippen molar-refractivity contribution in [2.45, 2.75) is 51.9 Å². The Morgan fingerprint density at radius 1 is 1.18 bits per heavy atom. The van der Waals surface area contributed by atoms with Gasteiger partial charge in [0.25, 0.3) is 0 Å². The van der Waals surface area contributed by atoms with Crippen LogP contribution in [0.4, 0.5) is 0 Å². The van der Waals surface area contributed by atoms with Gasteiger partial charge in [-0.1, -0.05) is 75.1 Å². The smallest absolute Gasteiger partial charge is 0.305 e. The molecule has 0 heterocycles. The van der Waals surface area contributed by atoms with Crippen molar-refractivity contribution < 1.29 is 19.4 Å². The lowest BCUT2D eigenvalue weighted by Gasteiger charge is -2.07. The number of carboxylic acid groups (broad SMARTS) is 1. The number of allylic oxidation sites excluding steroid dienone is 1. The number of hydrogen-bond acceptors (Lipinski definition) is 5. The fourth-order valence-electron chi connectivity index (χ4n) is 2.40. The van der Waals surface area contributed by atoms with Crippen molar-refractivity contribution >= 4 is 46.6 Å². The van der Waals surface area contributed by atoms with E-state index in [0.29, 0.717) is 15.8 Å². The van der Waals surface area contributed by atoms with Gasteiger partial charge in [-0.25, -0.2) is 0 Å². The summed E-state index contributed by atoms with van der Waals surface area (Å²) in [5.74, 6) is -0.0814. The van der Waals surface area contributed by atoms with Crippen LogP contribution in [0.5, 0.6) is 5.75 Å². The van der Waals surface area contributed by atoms with Crippen LogP contribution in [-0.2, 0) is 9.59 Å². The van der Waals surface area contributed by atoms with Crippen LogP contribution in [-0.4, -0.2) is 34.8 Å². The molecule has 1 aromatic rings. The van der Waals surface area contributed by atoms with Gasteiger partial charge in [-0.15, -0.1) is 0 Å². The second kappa shape index (κ2) is 15.1. The minimum Gasteiger partial charge on any atom is -0.494 e. The molecular formula is C21H29NO4S2. The summed E-state index contributed by atoms with van der Waals surface area (Å²) in [6, 6.07) is 7.56. The minimum atomic E-state index is -0.898. The van der Waals surface area contributed by atoms with Crippen molar-refractivity contribution in [3.05, 3.63) is 34.7 Å². The number of unbranched alkanes of at least 4 members (excludes halogenated alkanes) is 5. The monoisotopic (exact) mass is 423 g/mol. The lowest BCUT2D eigenvalue weighted by Crippen LogP contribution is -2.21. The zero-order chi connectivity index (χ0) is 20.6. The summed E-state index contributed by atoms with van der Waals surface area (Å²) >= 11 is 6.23. The highest BCUT2D eigenvalue weighted by atomic mass is 32.2. The van der Waals surface area contributed by atoms with Crippen molar-refractivity contribution in [3.8, 4) is 5.75 Å². The average molecular weight is 424 g/mol. The second-order valence-corrected chi connectivity index (χ2v) is 8.06. The molecule has 0 aliphatic carbocycles. The van der Waals surface area contributed by atoms with Crippen molar-refractivity contribution in [1.82, 2.24) is 5.32 Å². The lowest BCUT2D eigenvalue weighted by molar-refractivity contribution is -0.136. The van der Waals surface area contributed by atoms with E-state index in [1.165, 1.54) is 32.1 Å². The van der Waals surface area contributed by atoms with E-state index in [1.54, 1.807) is 6.08 Å². The molecule has 0 aliphatic heterocycles. The van der Waals surface area contributed by atoms with Gasteiger partial charge in [0.15, 0.2) is 6.29 Å². The Hall–Kier alpha value is -1.86. The van der Waals surface area contributed by atoms with Crippen LogP contribution >= 0.6 is 24.0 Å². The van der Waals surface area contributed by atoms with E-state index in [2.05, 4.69) is 12.2 Å². The minimum absolute atomic E-state index is 0.0267. The fourth-order valence-corrected chi connectivity index (χ4v) is 3.42. The molecule has 0 unspecified atom stereocenters.